The monoisotopic (exact) mass is 367 g/mol. The minimum absolute atomic E-state index is 0.256. The van der Waals surface area contributed by atoms with Gasteiger partial charge in [0.25, 0.3) is 0 Å². The number of hydrogen-bond acceptors (Lipinski definition) is 2. The molecule has 0 fully saturated rings. The Bertz CT molecular complexity index is 864. The van der Waals surface area contributed by atoms with Crippen LogP contribution in [0.2, 0.25) is 5.02 Å². The standard InChI is InChI=1S/C22H26ClN3/c1-15-5-7-19(8-6-15)14-26-18(4)22(17(3)25-26)13-24-16(2)20-9-11-21(23)12-10-20/h5-12,16,24H,13-14H2,1-4H3. The van der Waals surface area contributed by atoms with E-state index in [9.17, 15) is 0 Å². The maximum Gasteiger partial charge on any atom is 0.0662 e. The molecular formula is C22H26ClN3. The molecule has 1 unspecified atom stereocenters. The van der Waals surface area contributed by atoms with Crippen LogP contribution in [0.5, 0.6) is 0 Å². The zero-order chi connectivity index (χ0) is 18.7. The molecule has 1 aromatic heterocycles. The zero-order valence-corrected chi connectivity index (χ0v) is 16.6. The molecule has 1 atom stereocenters. The summed E-state index contributed by atoms with van der Waals surface area (Å²) in [6.07, 6.45) is 0. The van der Waals surface area contributed by atoms with Gasteiger partial charge in [-0.2, -0.15) is 5.10 Å². The smallest absolute Gasteiger partial charge is 0.0662 e. The molecule has 0 radical (unpaired) electrons. The molecule has 1 N–H and O–H groups in total. The summed E-state index contributed by atoms with van der Waals surface area (Å²) in [4.78, 5) is 0. The topological polar surface area (TPSA) is 29.9 Å². The second-order valence-corrected chi connectivity index (χ2v) is 7.38. The van der Waals surface area contributed by atoms with Crippen molar-refractivity contribution in [1.29, 1.82) is 0 Å². The van der Waals surface area contributed by atoms with Crippen molar-refractivity contribution in [2.24, 2.45) is 0 Å². The van der Waals surface area contributed by atoms with Crippen molar-refractivity contribution in [1.82, 2.24) is 15.1 Å². The summed E-state index contributed by atoms with van der Waals surface area (Å²) in [5.41, 5.74) is 7.37. The van der Waals surface area contributed by atoms with E-state index in [1.807, 2.05) is 12.1 Å². The van der Waals surface area contributed by atoms with E-state index in [1.54, 1.807) is 0 Å². The van der Waals surface area contributed by atoms with Gasteiger partial charge < -0.3 is 5.32 Å². The third kappa shape index (κ3) is 4.35. The van der Waals surface area contributed by atoms with Crippen LogP contribution in [0.25, 0.3) is 0 Å². The minimum atomic E-state index is 0.256. The van der Waals surface area contributed by atoms with Crippen LogP contribution in [-0.2, 0) is 13.1 Å². The maximum absolute atomic E-state index is 5.98. The van der Waals surface area contributed by atoms with Gasteiger partial charge in [0.05, 0.1) is 12.2 Å². The van der Waals surface area contributed by atoms with E-state index >= 15 is 0 Å². The third-order valence-electron chi connectivity index (χ3n) is 4.94. The van der Waals surface area contributed by atoms with E-state index in [-0.39, 0.29) is 6.04 Å². The molecule has 0 aliphatic heterocycles. The molecule has 0 amide bonds. The molecule has 0 aliphatic carbocycles. The number of rotatable bonds is 6. The summed E-state index contributed by atoms with van der Waals surface area (Å²) in [5.74, 6) is 0. The van der Waals surface area contributed by atoms with Crippen molar-refractivity contribution in [3.63, 3.8) is 0 Å². The number of halogens is 1. The highest BCUT2D eigenvalue weighted by Crippen LogP contribution is 2.19. The van der Waals surface area contributed by atoms with Crippen molar-refractivity contribution in [2.45, 2.75) is 46.8 Å². The predicted molar refractivity (Wildman–Crippen MR) is 109 cm³/mol. The molecular weight excluding hydrogens is 342 g/mol. The number of benzene rings is 2. The predicted octanol–water partition coefficient (Wildman–Crippen LogP) is 5.36. The molecule has 0 saturated carbocycles. The molecule has 0 saturated heterocycles. The Morgan fingerprint density at radius 2 is 1.65 bits per heavy atom. The first-order valence-electron chi connectivity index (χ1n) is 9.01. The first kappa shape index (κ1) is 18.7. The van der Waals surface area contributed by atoms with Gasteiger partial charge in [-0.1, -0.05) is 53.6 Å². The lowest BCUT2D eigenvalue weighted by Crippen LogP contribution is -2.19. The molecule has 0 bridgehead atoms. The lowest BCUT2D eigenvalue weighted by atomic mass is 10.1. The van der Waals surface area contributed by atoms with Crippen LogP contribution in [0.15, 0.2) is 48.5 Å². The van der Waals surface area contributed by atoms with Gasteiger partial charge in [-0.05, 0) is 51.0 Å². The Balaban J connectivity index is 1.69. The fourth-order valence-corrected chi connectivity index (χ4v) is 3.26. The summed E-state index contributed by atoms with van der Waals surface area (Å²) >= 11 is 5.98. The molecule has 1 heterocycles. The fourth-order valence-electron chi connectivity index (χ4n) is 3.13. The van der Waals surface area contributed by atoms with Gasteiger partial charge in [0.1, 0.15) is 0 Å². The Morgan fingerprint density at radius 1 is 1.00 bits per heavy atom. The van der Waals surface area contributed by atoms with Gasteiger partial charge in [0.2, 0.25) is 0 Å². The lowest BCUT2D eigenvalue weighted by molar-refractivity contribution is 0.571. The molecule has 0 aliphatic rings. The van der Waals surface area contributed by atoms with Gasteiger partial charge in [-0.15, -0.1) is 0 Å². The van der Waals surface area contributed by atoms with Crippen molar-refractivity contribution in [3.05, 3.63) is 87.2 Å². The average Bonchev–Trinajstić information content (AvgIpc) is 2.89. The van der Waals surface area contributed by atoms with E-state index in [2.05, 4.69) is 74.1 Å². The van der Waals surface area contributed by atoms with E-state index < -0.39 is 0 Å². The average molecular weight is 368 g/mol. The van der Waals surface area contributed by atoms with Crippen LogP contribution in [-0.4, -0.2) is 9.78 Å². The van der Waals surface area contributed by atoms with E-state index in [4.69, 9.17) is 16.7 Å². The van der Waals surface area contributed by atoms with Gasteiger partial charge in [-0.3, -0.25) is 4.68 Å². The zero-order valence-electron chi connectivity index (χ0n) is 15.9. The molecule has 0 spiro atoms. The summed E-state index contributed by atoms with van der Waals surface area (Å²) in [7, 11) is 0. The third-order valence-corrected chi connectivity index (χ3v) is 5.19. The van der Waals surface area contributed by atoms with Crippen LogP contribution in [0.1, 0.15) is 46.6 Å². The summed E-state index contributed by atoms with van der Waals surface area (Å²) in [5, 5.41) is 9.12. The Kier molecular flexibility index (Phi) is 5.80. The summed E-state index contributed by atoms with van der Waals surface area (Å²) in [6.45, 7) is 10.1. The number of aryl methyl sites for hydroxylation is 2. The number of aromatic nitrogens is 2. The highest BCUT2D eigenvalue weighted by molar-refractivity contribution is 6.30. The second kappa shape index (κ2) is 8.07. The van der Waals surface area contributed by atoms with Crippen LogP contribution in [0.3, 0.4) is 0 Å². The van der Waals surface area contributed by atoms with Crippen molar-refractivity contribution in [2.75, 3.05) is 0 Å². The van der Waals surface area contributed by atoms with Crippen LogP contribution >= 0.6 is 11.6 Å². The van der Waals surface area contributed by atoms with Gasteiger partial charge in [0.15, 0.2) is 0 Å². The number of nitrogens with one attached hydrogen (secondary N) is 1. The summed E-state index contributed by atoms with van der Waals surface area (Å²) in [6, 6.07) is 16.9. The quantitative estimate of drug-likeness (QED) is 0.635. The van der Waals surface area contributed by atoms with E-state index in [1.165, 1.54) is 27.9 Å². The van der Waals surface area contributed by atoms with Crippen molar-refractivity contribution >= 4 is 11.6 Å². The molecule has 3 nitrogen and oxygen atoms in total. The number of nitrogens with zero attached hydrogens (tertiary/aromatic N) is 2. The van der Waals surface area contributed by atoms with Gasteiger partial charge >= 0.3 is 0 Å². The maximum atomic E-state index is 5.98. The normalized spacial score (nSPS) is 12.3. The molecule has 3 aromatic rings. The summed E-state index contributed by atoms with van der Waals surface area (Å²) < 4.78 is 2.10. The highest BCUT2D eigenvalue weighted by Gasteiger charge is 2.13. The first-order valence-corrected chi connectivity index (χ1v) is 9.39. The fraction of sp³-hybridized carbons (Fsp3) is 0.318. The molecule has 26 heavy (non-hydrogen) atoms. The van der Waals surface area contributed by atoms with E-state index in [0.717, 1.165) is 23.8 Å². The Morgan fingerprint density at radius 3 is 2.31 bits per heavy atom. The van der Waals surface area contributed by atoms with E-state index in [0.29, 0.717) is 0 Å². The second-order valence-electron chi connectivity index (χ2n) is 6.95. The van der Waals surface area contributed by atoms with Crippen molar-refractivity contribution < 1.29 is 0 Å². The molecule has 2 aromatic carbocycles. The van der Waals surface area contributed by atoms with Crippen LogP contribution in [0.4, 0.5) is 0 Å². The minimum Gasteiger partial charge on any atom is -0.306 e. The largest absolute Gasteiger partial charge is 0.306 e. The lowest BCUT2D eigenvalue weighted by Gasteiger charge is -2.15. The molecule has 136 valence electrons. The first-order chi connectivity index (χ1) is 12.4. The highest BCUT2D eigenvalue weighted by atomic mass is 35.5. The number of hydrogen-bond donors (Lipinski definition) is 1. The SMILES string of the molecule is Cc1ccc(Cn2nc(C)c(CNC(C)c3ccc(Cl)cc3)c2C)cc1. The van der Waals surface area contributed by atoms with Gasteiger partial charge in [0, 0.05) is 28.9 Å². The van der Waals surface area contributed by atoms with Crippen LogP contribution in [0, 0.1) is 20.8 Å². The molecule has 3 rings (SSSR count). The Labute approximate surface area is 161 Å². The molecule has 4 heteroatoms. The Hall–Kier alpha value is -2.10. The van der Waals surface area contributed by atoms with Crippen LogP contribution < -0.4 is 5.32 Å². The van der Waals surface area contributed by atoms with Crippen molar-refractivity contribution in [3.8, 4) is 0 Å². The van der Waals surface area contributed by atoms with Gasteiger partial charge in [-0.25, -0.2) is 0 Å².